The Morgan fingerprint density at radius 1 is 1.22 bits per heavy atom. The molecule has 1 aromatic carbocycles. The van der Waals surface area contributed by atoms with Gasteiger partial charge in [-0.05, 0) is 48.3 Å². The molecule has 1 rings (SSSR count). The van der Waals surface area contributed by atoms with Crippen LogP contribution in [0.4, 0.5) is 0 Å². The highest BCUT2D eigenvalue weighted by Gasteiger charge is 2.14. The summed E-state index contributed by atoms with van der Waals surface area (Å²) in [7, 11) is 0. The van der Waals surface area contributed by atoms with E-state index in [2.05, 4.69) is 45.9 Å². The lowest BCUT2D eigenvalue weighted by atomic mass is 9.84. The molecule has 0 aliphatic carbocycles. The lowest BCUT2D eigenvalue weighted by Crippen LogP contribution is -2.11. The molecule has 0 aromatic heterocycles. The van der Waals surface area contributed by atoms with Crippen LogP contribution in [0.25, 0.3) is 0 Å². The van der Waals surface area contributed by atoms with Gasteiger partial charge in [-0.15, -0.1) is 0 Å². The second-order valence-corrected chi connectivity index (χ2v) is 5.99. The van der Waals surface area contributed by atoms with Gasteiger partial charge in [-0.2, -0.15) is 0 Å². The third-order valence-electron chi connectivity index (χ3n) is 3.30. The number of aryl methyl sites for hydroxylation is 2. The summed E-state index contributed by atoms with van der Waals surface area (Å²) >= 11 is 0. The minimum atomic E-state index is -0.699. The molecule has 100 valence electrons. The fourth-order valence-corrected chi connectivity index (χ4v) is 2.00. The first-order chi connectivity index (χ1) is 8.30. The molecular weight excluding hydrogens is 224 g/mol. The van der Waals surface area contributed by atoms with E-state index in [1.807, 2.05) is 0 Å². The van der Waals surface area contributed by atoms with Crippen molar-refractivity contribution >= 4 is 5.97 Å². The topological polar surface area (TPSA) is 37.3 Å². The third kappa shape index (κ3) is 4.52. The van der Waals surface area contributed by atoms with Crippen molar-refractivity contribution in [3.05, 3.63) is 34.9 Å². The number of unbranched alkanes of at least 4 members (excludes halogenated alkanes) is 1. The molecular formula is C16H24O2. The van der Waals surface area contributed by atoms with E-state index in [9.17, 15) is 4.79 Å². The molecule has 0 unspecified atom stereocenters. The summed E-state index contributed by atoms with van der Waals surface area (Å²) < 4.78 is 0. The number of rotatable bonds is 5. The van der Waals surface area contributed by atoms with E-state index < -0.39 is 5.97 Å². The van der Waals surface area contributed by atoms with Crippen molar-refractivity contribution in [2.75, 3.05) is 0 Å². The van der Waals surface area contributed by atoms with Gasteiger partial charge in [0.2, 0.25) is 0 Å². The Hall–Kier alpha value is -1.31. The highest BCUT2D eigenvalue weighted by Crippen LogP contribution is 2.25. The van der Waals surface area contributed by atoms with Crippen molar-refractivity contribution in [1.82, 2.24) is 0 Å². The van der Waals surface area contributed by atoms with Gasteiger partial charge in [0, 0.05) is 6.42 Å². The van der Waals surface area contributed by atoms with Crippen LogP contribution in [-0.2, 0) is 16.6 Å². The van der Waals surface area contributed by atoms with Crippen LogP contribution in [0.5, 0.6) is 0 Å². The molecule has 0 amide bonds. The maximum Gasteiger partial charge on any atom is 0.303 e. The predicted octanol–water partition coefficient (Wildman–Crippen LogP) is 4.09. The number of carboxylic acids is 1. The van der Waals surface area contributed by atoms with Gasteiger partial charge in [0.05, 0.1) is 0 Å². The quantitative estimate of drug-likeness (QED) is 0.797. The van der Waals surface area contributed by atoms with Crippen LogP contribution in [0.3, 0.4) is 0 Å². The fourth-order valence-electron chi connectivity index (χ4n) is 2.00. The lowest BCUT2D eigenvalue weighted by molar-refractivity contribution is -0.137. The van der Waals surface area contributed by atoms with E-state index in [4.69, 9.17) is 5.11 Å². The summed E-state index contributed by atoms with van der Waals surface area (Å²) in [6, 6.07) is 6.64. The average molecular weight is 248 g/mol. The standard InChI is InChI=1S/C16H24O2/c1-12-9-10-14(16(2,3)4)11-13(12)7-5-6-8-15(17)18/h9-11H,5-8H2,1-4H3,(H,17,18). The number of benzene rings is 1. The van der Waals surface area contributed by atoms with Gasteiger partial charge in [-0.25, -0.2) is 0 Å². The van der Waals surface area contributed by atoms with Crippen LogP contribution >= 0.6 is 0 Å². The van der Waals surface area contributed by atoms with Gasteiger partial charge in [-0.3, -0.25) is 4.79 Å². The van der Waals surface area contributed by atoms with Gasteiger partial charge in [0.15, 0.2) is 0 Å². The van der Waals surface area contributed by atoms with Gasteiger partial charge in [0.25, 0.3) is 0 Å². The molecule has 0 fully saturated rings. The van der Waals surface area contributed by atoms with Crippen molar-refractivity contribution in [1.29, 1.82) is 0 Å². The van der Waals surface area contributed by atoms with E-state index in [1.165, 1.54) is 16.7 Å². The fraction of sp³-hybridized carbons (Fsp3) is 0.562. The zero-order valence-corrected chi connectivity index (χ0v) is 11.9. The maximum atomic E-state index is 10.5. The molecule has 1 N–H and O–H groups in total. The predicted molar refractivity (Wildman–Crippen MR) is 75.1 cm³/mol. The second-order valence-electron chi connectivity index (χ2n) is 5.99. The highest BCUT2D eigenvalue weighted by atomic mass is 16.4. The van der Waals surface area contributed by atoms with Crippen molar-refractivity contribution in [2.24, 2.45) is 0 Å². The second kappa shape index (κ2) is 6.03. The molecule has 0 heterocycles. The normalized spacial score (nSPS) is 11.6. The first kappa shape index (κ1) is 14.7. The number of aliphatic carboxylic acids is 1. The number of carbonyl (C=O) groups is 1. The molecule has 0 saturated heterocycles. The van der Waals surface area contributed by atoms with Crippen molar-refractivity contribution in [2.45, 2.75) is 58.8 Å². The van der Waals surface area contributed by atoms with Crippen LogP contribution in [-0.4, -0.2) is 11.1 Å². The van der Waals surface area contributed by atoms with Crippen molar-refractivity contribution in [3.63, 3.8) is 0 Å². The monoisotopic (exact) mass is 248 g/mol. The highest BCUT2D eigenvalue weighted by molar-refractivity contribution is 5.66. The van der Waals surface area contributed by atoms with E-state index >= 15 is 0 Å². The largest absolute Gasteiger partial charge is 0.481 e. The summed E-state index contributed by atoms with van der Waals surface area (Å²) in [5.74, 6) is -0.699. The molecule has 1 aromatic rings. The third-order valence-corrected chi connectivity index (χ3v) is 3.30. The van der Waals surface area contributed by atoms with Gasteiger partial charge >= 0.3 is 5.97 Å². The zero-order chi connectivity index (χ0) is 13.8. The Labute approximate surface area is 110 Å². The van der Waals surface area contributed by atoms with Crippen molar-refractivity contribution in [3.8, 4) is 0 Å². The van der Waals surface area contributed by atoms with Crippen LogP contribution < -0.4 is 0 Å². The van der Waals surface area contributed by atoms with Crippen LogP contribution in [0.1, 0.15) is 56.7 Å². The molecule has 2 nitrogen and oxygen atoms in total. The van der Waals surface area contributed by atoms with E-state index in [1.54, 1.807) is 0 Å². The average Bonchev–Trinajstić information content (AvgIpc) is 2.24. The number of hydrogen-bond acceptors (Lipinski definition) is 1. The number of carboxylic acid groups (broad SMARTS) is 1. The molecule has 18 heavy (non-hydrogen) atoms. The molecule has 0 aliphatic rings. The van der Waals surface area contributed by atoms with Crippen LogP contribution in [0.2, 0.25) is 0 Å². The minimum Gasteiger partial charge on any atom is -0.481 e. The number of hydrogen-bond donors (Lipinski definition) is 1. The van der Waals surface area contributed by atoms with E-state index in [-0.39, 0.29) is 11.8 Å². The SMILES string of the molecule is Cc1ccc(C(C)(C)C)cc1CCCCC(=O)O. The summed E-state index contributed by atoms with van der Waals surface area (Å²) in [6.07, 6.45) is 2.95. The van der Waals surface area contributed by atoms with E-state index in [0.717, 1.165) is 19.3 Å². The zero-order valence-electron chi connectivity index (χ0n) is 11.9. The Kier molecular flexibility index (Phi) is 4.94. The van der Waals surface area contributed by atoms with Gasteiger partial charge < -0.3 is 5.11 Å². The summed E-state index contributed by atoms with van der Waals surface area (Å²) in [5, 5.41) is 8.62. The summed E-state index contributed by atoms with van der Waals surface area (Å²) in [4.78, 5) is 10.5. The molecule has 2 heteroatoms. The van der Waals surface area contributed by atoms with Gasteiger partial charge in [0.1, 0.15) is 0 Å². The molecule has 0 bridgehead atoms. The molecule has 0 spiro atoms. The summed E-state index contributed by atoms with van der Waals surface area (Å²) in [6.45, 7) is 8.77. The van der Waals surface area contributed by atoms with Gasteiger partial charge in [-0.1, -0.05) is 39.0 Å². The Bertz CT molecular complexity index is 414. The Morgan fingerprint density at radius 2 is 1.89 bits per heavy atom. The smallest absolute Gasteiger partial charge is 0.303 e. The first-order valence-corrected chi connectivity index (χ1v) is 6.62. The molecule has 0 saturated carbocycles. The Morgan fingerprint density at radius 3 is 2.44 bits per heavy atom. The molecule has 0 atom stereocenters. The van der Waals surface area contributed by atoms with Crippen LogP contribution in [0, 0.1) is 6.92 Å². The Balaban J connectivity index is 2.67. The van der Waals surface area contributed by atoms with Crippen molar-refractivity contribution < 1.29 is 9.90 Å². The minimum absolute atomic E-state index is 0.170. The summed E-state index contributed by atoms with van der Waals surface area (Å²) in [5.41, 5.74) is 4.18. The molecule has 0 aliphatic heterocycles. The van der Waals surface area contributed by atoms with E-state index in [0.29, 0.717) is 0 Å². The maximum absolute atomic E-state index is 10.5. The van der Waals surface area contributed by atoms with Crippen LogP contribution in [0.15, 0.2) is 18.2 Å². The molecule has 0 radical (unpaired) electrons. The first-order valence-electron chi connectivity index (χ1n) is 6.62. The lowest BCUT2D eigenvalue weighted by Gasteiger charge is -2.20.